The van der Waals surface area contributed by atoms with Gasteiger partial charge in [-0.3, -0.25) is 0 Å². The molecule has 0 spiro atoms. The van der Waals surface area contributed by atoms with Crippen LogP contribution in [0.3, 0.4) is 0 Å². The second-order valence-corrected chi connectivity index (χ2v) is 4.71. The molecule has 0 atom stereocenters. The van der Waals surface area contributed by atoms with Crippen LogP contribution in [0.25, 0.3) is 0 Å². The summed E-state index contributed by atoms with van der Waals surface area (Å²) in [5.41, 5.74) is 0.284. The maximum absolute atomic E-state index is 5.65. The molecule has 0 unspecified atom stereocenters. The molecule has 0 bridgehead atoms. The summed E-state index contributed by atoms with van der Waals surface area (Å²) in [6.45, 7) is 8.55. The van der Waals surface area contributed by atoms with Crippen LogP contribution >= 0.6 is 0 Å². The van der Waals surface area contributed by atoms with Crippen LogP contribution in [-0.4, -0.2) is 18.7 Å². The fourth-order valence-corrected chi connectivity index (χ4v) is 1.67. The van der Waals surface area contributed by atoms with E-state index in [0.717, 1.165) is 25.3 Å². The van der Waals surface area contributed by atoms with Gasteiger partial charge in [0.05, 0.1) is 6.61 Å². The number of nitrogens with one attached hydrogen (secondary N) is 1. The summed E-state index contributed by atoms with van der Waals surface area (Å²) < 4.78 is 5.65. The number of benzene rings is 1. The summed E-state index contributed by atoms with van der Waals surface area (Å²) in [4.78, 5) is 0. The molecule has 1 rings (SSSR count). The Morgan fingerprint density at radius 3 is 2.35 bits per heavy atom. The van der Waals surface area contributed by atoms with E-state index in [-0.39, 0.29) is 5.54 Å². The SMILES string of the molecule is CCC(C)(CC)NCCCOc1ccccc1. The minimum atomic E-state index is 0.284. The predicted octanol–water partition coefficient (Wildman–Crippen LogP) is 3.62. The zero-order valence-corrected chi connectivity index (χ0v) is 11.3. The molecule has 0 aromatic heterocycles. The second-order valence-electron chi connectivity index (χ2n) is 4.71. The largest absolute Gasteiger partial charge is 0.494 e. The van der Waals surface area contributed by atoms with E-state index in [0.29, 0.717) is 0 Å². The number of para-hydroxylation sites is 1. The van der Waals surface area contributed by atoms with Crippen molar-refractivity contribution in [1.82, 2.24) is 5.32 Å². The molecule has 0 amide bonds. The Hall–Kier alpha value is -1.02. The predicted molar refractivity (Wildman–Crippen MR) is 73.5 cm³/mol. The van der Waals surface area contributed by atoms with Crippen LogP contribution in [-0.2, 0) is 0 Å². The van der Waals surface area contributed by atoms with Crippen molar-refractivity contribution in [2.24, 2.45) is 0 Å². The lowest BCUT2D eigenvalue weighted by atomic mass is 9.95. The van der Waals surface area contributed by atoms with E-state index in [1.807, 2.05) is 30.3 Å². The molecule has 0 saturated heterocycles. The lowest BCUT2D eigenvalue weighted by molar-refractivity contribution is 0.281. The lowest BCUT2D eigenvalue weighted by Crippen LogP contribution is -2.41. The Kier molecular flexibility index (Phi) is 6.06. The van der Waals surface area contributed by atoms with Gasteiger partial charge in [-0.1, -0.05) is 32.0 Å². The Labute approximate surface area is 105 Å². The summed E-state index contributed by atoms with van der Waals surface area (Å²) >= 11 is 0. The molecule has 0 fully saturated rings. The van der Waals surface area contributed by atoms with Gasteiger partial charge in [-0.25, -0.2) is 0 Å². The van der Waals surface area contributed by atoms with Gasteiger partial charge in [0.15, 0.2) is 0 Å². The monoisotopic (exact) mass is 235 g/mol. The van der Waals surface area contributed by atoms with E-state index in [1.165, 1.54) is 12.8 Å². The molecule has 2 nitrogen and oxygen atoms in total. The van der Waals surface area contributed by atoms with Crippen molar-refractivity contribution in [3.05, 3.63) is 30.3 Å². The van der Waals surface area contributed by atoms with Gasteiger partial charge in [-0.15, -0.1) is 0 Å². The van der Waals surface area contributed by atoms with Crippen LogP contribution in [0.1, 0.15) is 40.0 Å². The molecule has 1 N–H and O–H groups in total. The molecular weight excluding hydrogens is 210 g/mol. The van der Waals surface area contributed by atoms with Gasteiger partial charge in [0.1, 0.15) is 5.75 Å². The summed E-state index contributed by atoms with van der Waals surface area (Å²) in [7, 11) is 0. The Morgan fingerprint density at radius 2 is 1.76 bits per heavy atom. The molecule has 17 heavy (non-hydrogen) atoms. The average molecular weight is 235 g/mol. The second kappa shape index (κ2) is 7.33. The maximum Gasteiger partial charge on any atom is 0.119 e. The highest BCUT2D eigenvalue weighted by molar-refractivity contribution is 5.20. The molecule has 0 heterocycles. The molecule has 0 aliphatic heterocycles. The first-order chi connectivity index (χ1) is 8.20. The van der Waals surface area contributed by atoms with Gasteiger partial charge in [0.2, 0.25) is 0 Å². The summed E-state index contributed by atoms with van der Waals surface area (Å²) in [5, 5.41) is 3.60. The highest BCUT2D eigenvalue weighted by Gasteiger charge is 2.17. The maximum atomic E-state index is 5.65. The number of hydrogen-bond acceptors (Lipinski definition) is 2. The van der Waals surface area contributed by atoms with Crippen molar-refractivity contribution in [1.29, 1.82) is 0 Å². The van der Waals surface area contributed by atoms with E-state index < -0.39 is 0 Å². The first-order valence-corrected chi connectivity index (χ1v) is 6.63. The third-order valence-electron chi connectivity index (χ3n) is 3.45. The molecular formula is C15H25NO. The van der Waals surface area contributed by atoms with Crippen LogP contribution in [0.2, 0.25) is 0 Å². The average Bonchev–Trinajstić information content (AvgIpc) is 2.39. The highest BCUT2D eigenvalue weighted by Crippen LogP contribution is 2.13. The smallest absolute Gasteiger partial charge is 0.119 e. The van der Waals surface area contributed by atoms with Crippen molar-refractivity contribution >= 4 is 0 Å². The standard InChI is InChI=1S/C15H25NO/c1-4-15(3,5-2)16-12-9-13-17-14-10-7-6-8-11-14/h6-8,10-11,16H,4-5,9,12-13H2,1-3H3. The molecule has 0 aliphatic rings. The lowest BCUT2D eigenvalue weighted by Gasteiger charge is -2.28. The quantitative estimate of drug-likeness (QED) is 0.695. The minimum absolute atomic E-state index is 0.284. The van der Waals surface area contributed by atoms with E-state index in [1.54, 1.807) is 0 Å². The number of hydrogen-bond donors (Lipinski definition) is 1. The van der Waals surface area contributed by atoms with Crippen LogP contribution in [0, 0.1) is 0 Å². The molecule has 0 radical (unpaired) electrons. The van der Waals surface area contributed by atoms with E-state index >= 15 is 0 Å². The van der Waals surface area contributed by atoms with Crippen molar-refractivity contribution in [2.45, 2.75) is 45.6 Å². The minimum Gasteiger partial charge on any atom is -0.494 e. The van der Waals surface area contributed by atoms with Gasteiger partial charge >= 0.3 is 0 Å². The third kappa shape index (κ3) is 5.22. The first kappa shape index (κ1) is 14.0. The van der Waals surface area contributed by atoms with Crippen LogP contribution < -0.4 is 10.1 Å². The fourth-order valence-electron chi connectivity index (χ4n) is 1.67. The summed E-state index contributed by atoms with van der Waals surface area (Å²) in [5.74, 6) is 0.959. The highest BCUT2D eigenvalue weighted by atomic mass is 16.5. The zero-order chi connectivity index (χ0) is 12.6. The van der Waals surface area contributed by atoms with Crippen molar-refractivity contribution in [2.75, 3.05) is 13.2 Å². The number of ether oxygens (including phenoxy) is 1. The van der Waals surface area contributed by atoms with Gasteiger partial charge in [0, 0.05) is 5.54 Å². The van der Waals surface area contributed by atoms with Gasteiger partial charge < -0.3 is 10.1 Å². The molecule has 0 aliphatic carbocycles. The van der Waals surface area contributed by atoms with E-state index in [2.05, 4.69) is 26.1 Å². The van der Waals surface area contributed by atoms with Crippen LogP contribution in [0.4, 0.5) is 0 Å². The van der Waals surface area contributed by atoms with E-state index in [4.69, 9.17) is 4.74 Å². The normalized spacial score (nSPS) is 11.5. The molecule has 96 valence electrons. The third-order valence-corrected chi connectivity index (χ3v) is 3.45. The van der Waals surface area contributed by atoms with Crippen LogP contribution in [0.5, 0.6) is 5.75 Å². The molecule has 1 aromatic rings. The van der Waals surface area contributed by atoms with E-state index in [9.17, 15) is 0 Å². The summed E-state index contributed by atoms with van der Waals surface area (Å²) in [6.07, 6.45) is 3.39. The fraction of sp³-hybridized carbons (Fsp3) is 0.600. The zero-order valence-electron chi connectivity index (χ0n) is 11.3. The van der Waals surface area contributed by atoms with Crippen molar-refractivity contribution in [3.8, 4) is 5.75 Å². The van der Waals surface area contributed by atoms with Gasteiger partial charge in [-0.05, 0) is 44.9 Å². The number of rotatable bonds is 8. The van der Waals surface area contributed by atoms with Crippen molar-refractivity contribution < 1.29 is 4.74 Å². The molecule has 1 aromatic carbocycles. The first-order valence-electron chi connectivity index (χ1n) is 6.63. The topological polar surface area (TPSA) is 21.3 Å². The van der Waals surface area contributed by atoms with Crippen molar-refractivity contribution in [3.63, 3.8) is 0 Å². The summed E-state index contributed by atoms with van der Waals surface area (Å²) in [6, 6.07) is 9.99. The van der Waals surface area contributed by atoms with Gasteiger partial charge in [0.25, 0.3) is 0 Å². The Balaban J connectivity index is 2.13. The van der Waals surface area contributed by atoms with Crippen LogP contribution in [0.15, 0.2) is 30.3 Å². The molecule has 2 heteroatoms. The molecule has 0 saturated carbocycles. The van der Waals surface area contributed by atoms with Gasteiger partial charge in [-0.2, -0.15) is 0 Å². The Morgan fingerprint density at radius 1 is 1.12 bits per heavy atom. The Bertz CT molecular complexity index is 293.